The maximum Gasteiger partial charge on any atom is 0.342 e. The zero-order valence-electron chi connectivity index (χ0n) is 7.69. The Balaban J connectivity index is 2.67. The van der Waals surface area contributed by atoms with E-state index >= 15 is 0 Å². The highest BCUT2D eigenvalue weighted by atomic mass is 35.5. The highest BCUT2D eigenvalue weighted by Gasteiger charge is 2.36. The Morgan fingerprint density at radius 3 is 2.67 bits per heavy atom. The average Bonchev–Trinajstić information content (AvgIpc) is 1.97. The van der Waals surface area contributed by atoms with Gasteiger partial charge in [-0.2, -0.15) is 0 Å². The lowest BCUT2D eigenvalue weighted by atomic mass is 10.4. The van der Waals surface area contributed by atoms with Gasteiger partial charge in [0.05, 0.1) is 12.0 Å². The van der Waals surface area contributed by atoms with Crippen molar-refractivity contribution in [3.05, 3.63) is 0 Å². The number of hydrogen-bond donors (Lipinski definition) is 3. The van der Waals surface area contributed by atoms with Crippen LogP contribution in [0.3, 0.4) is 0 Å². The summed E-state index contributed by atoms with van der Waals surface area (Å²) in [5.41, 5.74) is 0. The first-order valence-corrected chi connectivity index (χ1v) is 8.14. The van der Waals surface area contributed by atoms with Crippen LogP contribution in [0.4, 0.5) is 0 Å². The monoisotopic (exact) mass is 279 g/mol. The lowest BCUT2D eigenvalue weighted by Crippen LogP contribution is -2.40. The summed E-state index contributed by atoms with van der Waals surface area (Å²) in [5, 5.41) is 0. The van der Waals surface area contributed by atoms with E-state index in [4.69, 9.17) is 25.9 Å². The first-order valence-electron chi connectivity index (χ1n) is 4.05. The lowest BCUT2D eigenvalue weighted by molar-refractivity contribution is 0.107. The molecular weight excluding hydrogens is 267 g/mol. The summed E-state index contributed by atoms with van der Waals surface area (Å²) in [6.45, 7) is 0.138. The molecule has 0 aromatic carbocycles. The fourth-order valence-corrected chi connectivity index (χ4v) is 3.88. The van der Waals surface area contributed by atoms with Crippen LogP contribution in [0.5, 0.6) is 0 Å². The van der Waals surface area contributed by atoms with Gasteiger partial charge in [-0.25, -0.2) is 0 Å². The van der Waals surface area contributed by atoms with Crippen LogP contribution in [0.15, 0.2) is 0 Å². The van der Waals surface area contributed by atoms with E-state index in [9.17, 15) is 14.0 Å². The Kier molecular flexibility index (Phi) is 4.37. The first-order chi connectivity index (χ1) is 6.72. The molecule has 15 heavy (non-hydrogen) atoms. The van der Waals surface area contributed by atoms with E-state index in [-0.39, 0.29) is 18.7 Å². The van der Waals surface area contributed by atoms with Gasteiger partial charge in [-0.3, -0.25) is 14.0 Å². The van der Waals surface area contributed by atoms with Crippen LogP contribution in [0.2, 0.25) is 0 Å². The molecule has 0 aromatic rings. The summed E-state index contributed by atoms with van der Waals surface area (Å²) in [7, 11) is -8.04. The van der Waals surface area contributed by atoms with Crippen molar-refractivity contribution < 1.29 is 28.3 Å². The van der Waals surface area contributed by atoms with E-state index in [0.29, 0.717) is 0 Å². The van der Waals surface area contributed by atoms with Crippen molar-refractivity contribution in [2.24, 2.45) is 0 Å². The second-order valence-electron chi connectivity index (χ2n) is 3.32. The Bertz CT molecular complexity index is 317. The van der Waals surface area contributed by atoms with Gasteiger partial charge < -0.3 is 19.2 Å². The topological polar surface area (TPSA) is 107 Å². The van der Waals surface area contributed by atoms with Crippen LogP contribution in [0.1, 0.15) is 0 Å². The van der Waals surface area contributed by atoms with Gasteiger partial charge in [0.1, 0.15) is 12.6 Å². The smallest absolute Gasteiger partial charge is 0.324 e. The van der Waals surface area contributed by atoms with Crippen LogP contribution >= 0.6 is 26.8 Å². The standard InChI is InChI=1S/C5H12ClNO6P2/c6-1-5-2-7(3-14(8,9)10)4-15(11,12)13-5/h5H,1-4H2,(H,11,12)(H2,8,9,10). The van der Waals surface area contributed by atoms with E-state index in [1.165, 1.54) is 4.90 Å². The Morgan fingerprint density at radius 2 is 2.20 bits per heavy atom. The fourth-order valence-electron chi connectivity index (χ4n) is 1.34. The number of hydrogen-bond acceptors (Lipinski definition) is 4. The van der Waals surface area contributed by atoms with Crippen LogP contribution in [0, 0.1) is 0 Å². The van der Waals surface area contributed by atoms with E-state index in [1.807, 2.05) is 0 Å². The van der Waals surface area contributed by atoms with Crippen molar-refractivity contribution in [3.63, 3.8) is 0 Å². The molecule has 2 unspecified atom stereocenters. The molecule has 1 rings (SSSR count). The molecule has 90 valence electrons. The van der Waals surface area contributed by atoms with Crippen molar-refractivity contribution in [2.75, 3.05) is 25.0 Å². The summed E-state index contributed by atoms with van der Waals surface area (Å²) in [5.74, 6) is 0.00219. The third-order valence-corrected chi connectivity index (χ3v) is 4.21. The SMILES string of the molecule is O=P(O)(O)CN1CC(CCl)OP(=O)(O)C1. The largest absolute Gasteiger partial charge is 0.342 e. The van der Waals surface area contributed by atoms with Crippen LogP contribution in [0.25, 0.3) is 0 Å². The quantitative estimate of drug-likeness (QED) is 0.500. The molecule has 0 radical (unpaired) electrons. The number of rotatable bonds is 3. The third kappa shape index (κ3) is 4.93. The third-order valence-electron chi connectivity index (χ3n) is 1.71. The zero-order chi connectivity index (χ0) is 11.7. The van der Waals surface area contributed by atoms with Crippen LogP contribution < -0.4 is 0 Å². The molecule has 1 heterocycles. The molecular formula is C5H12ClNO6P2. The predicted molar refractivity (Wildman–Crippen MR) is 53.9 cm³/mol. The highest BCUT2D eigenvalue weighted by molar-refractivity contribution is 7.53. The minimum absolute atomic E-state index is 0.00219. The van der Waals surface area contributed by atoms with Crippen molar-refractivity contribution in [1.82, 2.24) is 4.90 Å². The molecule has 1 aliphatic rings. The van der Waals surface area contributed by atoms with E-state index in [1.54, 1.807) is 0 Å². The molecule has 7 nitrogen and oxygen atoms in total. The summed E-state index contributed by atoms with van der Waals surface area (Å²) < 4.78 is 26.7. The van der Waals surface area contributed by atoms with Gasteiger partial charge in [0.15, 0.2) is 0 Å². The Morgan fingerprint density at radius 1 is 1.60 bits per heavy atom. The summed E-state index contributed by atoms with van der Waals surface area (Å²) >= 11 is 5.47. The second kappa shape index (κ2) is 4.82. The van der Waals surface area contributed by atoms with Crippen molar-refractivity contribution >= 4 is 26.8 Å². The molecule has 2 atom stereocenters. The molecule has 0 saturated carbocycles. The minimum atomic E-state index is -4.23. The number of alkyl halides is 1. The summed E-state index contributed by atoms with van der Waals surface area (Å²) in [6, 6.07) is 0. The summed E-state index contributed by atoms with van der Waals surface area (Å²) in [4.78, 5) is 27.9. The average molecular weight is 280 g/mol. The summed E-state index contributed by atoms with van der Waals surface area (Å²) in [6.07, 6.45) is -1.62. The molecule has 3 N–H and O–H groups in total. The Hall–Kier alpha value is 0.550. The minimum Gasteiger partial charge on any atom is -0.324 e. The molecule has 0 spiro atoms. The van der Waals surface area contributed by atoms with Gasteiger partial charge in [0.2, 0.25) is 0 Å². The van der Waals surface area contributed by atoms with Gasteiger partial charge in [-0.1, -0.05) is 0 Å². The Labute approximate surface area is 91.7 Å². The predicted octanol–water partition coefficient (Wildman–Crippen LogP) is 0.204. The molecule has 0 aliphatic carbocycles. The molecule has 1 aliphatic heterocycles. The van der Waals surface area contributed by atoms with Crippen LogP contribution in [-0.4, -0.2) is 50.7 Å². The van der Waals surface area contributed by atoms with Crippen molar-refractivity contribution in [1.29, 1.82) is 0 Å². The zero-order valence-corrected chi connectivity index (χ0v) is 10.2. The lowest BCUT2D eigenvalue weighted by Gasteiger charge is -2.34. The van der Waals surface area contributed by atoms with Gasteiger partial charge in [-0.15, -0.1) is 11.6 Å². The number of halogens is 1. The highest BCUT2D eigenvalue weighted by Crippen LogP contribution is 2.49. The van der Waals surface area contributed by atoms with Gasteiger partial charge in [-0.05, 0) is 0 Å². The van der Waals surface area contributed by atoms with Crippen molar-refractivity contribution in [2.45, 2.75) is 6.10 Å². The maximum atomic E-state index is 11.3. The molecule has 1 saturated heterocycles. The molecule has 0 amide bonds. The fraction of sp³-hybridized carbons (Fsp3) is 1.00. The van der Waals surface area contributed by atoms with E-state index in [0.717, 1.165) is 0 Å². The number of nitrogens with zero attached hydrogens (tertiary/aromatic N) is 1. The molecule has 1 fully saturated rings. The van der Waals surface area contributed by atoms with Gasteiger partial charge in [0, 0.05) is 6.54 Å². The molecule has 10 heteroatoms. The van der Waals surface area contributed by atoms with Crippen LogP contribution in [-0.2, 0) is 13.7 Å². The normalized spacial score (nSPS) is 34.3. The van der Waals surface area contributed by atoms with Gasteiger partial charge in [0.25, 0.3) is 0 Å². The molecule has 0 bridgehead atoms. The second-order valence-corrected chi connectivity index (χ2v) is 7.01. The van der Waals surface area contributed by atoms with Gasteiger partial charge >= 0.3 is 15.2 Å². The first kappa shape index (κ1) is 13.6. The maximum absolute atomic E-state index is 11.3. The van der Waals surface area contributed by atoms with Crippen molar-refractivity contribution in [3.8, 4) is 0 Å². The molecule has 0 aromatic heterocycles. The van der Waals surface area contributed by atoms with E-state index in [2.05, 4.69) is 0 Å². The van der Waals surface area contributed by atoms with E-state index < -0.39 is 27.6 Å².